The molecule has 0 amide bonds. The van der Waals surface area contributed by atoms with Crippen LogP contribution in [0.4, 0.5) is 4.39 Å². The van der Waals surface area contributed by atoms with Gasteiger partial charge >= 0.3 is 0 Å². The molecule has 3 heterocycles. The molecular weight excluding hydrogens is 275 g/mol. The van der Waals surface area contributed by atoms with E-state index in [1.165, 1.54) is 0 Å². The van der Waals surface area contributed by atoms with Crippen molar-refractivity contribution in [3.63, 3.8) is 0 Å². The summed E-state index contributed by atoms with van der Waals surface area (Å²) in [5.41, 5.74) is -0.695. The summed E-state index contributed by atoms with van der Waals surface area (Å²) in [6.45, 7) is 0. The van der Waals surface area contributed by atoms with Gasteiger partial charge in [-0.1, -0.05) is 5.21 Å². The van der Waals surface area contributed by atoms with E-state index in [0.717, 1.165) is 12.8 Å². The largest absolute Gasteiger partial charge is 0.311 e. The van der Waals surface area contributed by atoms with E-state index in [2.05, 4.69) is 31.6 Å². The highest BCUT2D eigenvalue weighted by molar-refractivity contribution is 9.10. The van der Waals surface area contributed by atoms with Crippen LogP contribution in [0.5, 0.6) is 0 Å². The number of aromatic nitrogens is 3. The summed E-state index contributed by atoms with van der Waals surface area (Å²) in [6.07, 6.45) is 3.23. The monoisotopic (exact) mass is 288 g/mol. The summed E-state index contributed by atoms with van der Waals surface area (Å²) in [6, 6.07) is 0.621. The quantitative estimate of drug-likeness (QED) is 0.855. The van der Waals surface area contributed by atoms with Crippen molar-refractivity contribution in [3.8, 4) is 0 Å². The maximum absolute atomic E-state index is 15.0. The van der Waals surface area contributed by atoms with Crippen LogP contribution in [0.2, 0.25) is 0 Å². The van der Waals surface area contributed by atoms with E-state index in [1.807, 2.05) is 0 Å². The maximum atomic E-state index is 15.0. The lowest BCUT2D eigenvalue weighted by Crippen LogP contribution is -2.45. The van der Waals surface area contributed by atoms with Gasteiger partial charge in [0, 0.05) is 32.0 Å². The number of aryl methyl sites for hydroxylation is 1. The van der Waals surface area contributed by atoms with Gasteiger partial charge in [-0.2, -0.15) is 0 Å². The van der Waals surface area contributed by atoms with Gasteiger partial charge in [0.25, 0.3) is 0 Å². The highest BCUT2D eigenvalue weighted by Crippen LogP contribution is 2.45. The van der Waals surface area contributed by atoms with Gasteiger partial charge in [0.2, 0.25) is 0 Å². The topological polar surface area (TPSA) is 42.7 Å². The van der Waals surface area contributed by atoms with Crippen molar-refractivity contribution in [1.82, 2.24) is 20.3 Å². The maximum Gasteiger partial charge on any atom is 0.158 e. The standard InChI is InChI=1S/C10H14BrFN4/c1-16-8(9(11)14-15-16)10(12)4-6-2-3-7(5-10)13-6/h6-7,13H,2-5H2,1H3. The molecule has 1 aromatic heterocycles. The van der Waals surface area contributed by atoms with Gasteiger partial charge in [-0.25, -0.2) is 9.07 Å². The molecule has 2 atom stereocenters. The number of rotatable bonds is 1. The minimum Gasteiger partial charge on any atom is -0.311 e. The fraction of sp³-hybridized carbons (Fsp3) is 0.800. The Morgan fingerprint density at radius 1 is 1.44 bits per heavy atom. The second-order valence-corrected chi connectivity index (χ2v) is 5.62. The highest BCUT2D eigenvalue weighted by Gasteiger charge is 2.48. The van der Waals surface area contributed by atoms with E-state index in [4.69, 9.17) is 0 Å². The number of piperidine rings is 1. The Hall–Kier alpha value is -0.490. The van der Waals surface area contributed by atoms with Crippen LogP contribution in [0.3, 0.4) is 0 Å². The molecule has 0 aromatic carbocycles. The first-order valence-electron chi connectivity index (χ1n) is 5.59. The molecule has 88 valence electrons. The minimum absolute atomic E-state index is 0.311. The van der Waals surface area contributed by atoms with Crippen LogP contribution in [0.25, 0.3) is 0 Å². The third kappa shape index (κ3) is 1.50. The molecule has 3 rings (SSSR count). The molecule has 0 spiro atoms. The molecule has 2 fully saturated rings. The predicted molar refractivity (Wildman–Crippen MR) is 60.7 cm³/mol. The second-order valence-electron chi connectivity index (χ2n) is 4.86. The van der Waals surface area contributed by atoms with Crippen molar-refractivity contribution in [2.75, 3.05) is 0 Å². The molecule has 16 heavy (non-hydrogen) atoms. The summed E-state index contributed by atoms with van der Waals surface area (Å²) < 4.78 is 17.1. The van der Waals surface area contributed by atoms with E-state index in [9.17, 15) is 0 Å². The number of alkyl halides is 1. The van der Waals surface area contributed by atoms with Crippen LogP contribution in [0, 0.1) is 0 Å². The zero-order valence-electron chi connectivity index (χ0n) is 9.08. The van der Waals surface area contributed by atoms with Gasteiger partial charge in [-0.05, 0) is 28.8 Å². The molecule has 2 aliphatic rings. The van der Waals surface area contributed by atoms with Crippen molar-refractivity contribution >= 4 is 15.9 Å². The first-order chi connectivity index (χ1) is 7.58. The van der Waals surface area contributed by atoms with Gasteiger partial charge in [0.1, 0.15) is 5.69 Å². The Balaban J connectivity index is 1.99. The van der Waals surface area contributed by atoms with E-state index in [0.29, 0.717) is 35.2 Å². The van der Waals surface area contributed by atoms with Crippen molar-refractivity contribution in [2.45, 2.75) is 43.4 Å². The SMILES string of the molecule is Cn1nnc(Br)c1C1(F)CC2CCC(C1)N2. The lowest BCUT2D eigenvalue weighted by Gasteiger charge is -2.34. The first-order valence-corrected chi connectivity index (χ1v) is 6.38. The number of hydrogen-bond acceptors (Lipinski definition) is 3. The lowest BCUT2D eigenvalue weighted by molar-refractivity contribution is 0.0775. The van der Waals surface area contributed by atoms with Crippen molar-refractivity contribution in [2.24, 2.45) is 7.05 Å². The number of hydrogen-bond donors (Lipinski definition) is 1. The molecule has 0 aliphatic carbocycles. The Morgan fingerprint density at radius 2 is 2.06 bits per heavy atom. The van der Waals surface area contributed by atoms with Crippen LogP contribution < -0.4 is 5.32 Å². The minimum atomic E-state index is -1.28. The van der Waals surface area contributed by atoms with Crippen molar-refractivity contribution in [3.05, 3.63) is 10.3 Å². The normalized spacial score (nSPS) is 37.9. The van der Waals surface area contributed by atoms with Crippen LogP contribution in [-0.2, 0) is 12.7 Å². The smallest absolute Gasteiger partial charge is 0.158 e. The predicted octanol–water partition coefficient (Wildman–Crippen LogP) is 1.66. The van der Waals surface area contributed by atoms with Gasteiger partial charge in [-0.3, -0.25) is 0 Å². The van der Waals surface area contributed by atoms with Gasteiger partial charge < -0.3 is 5.32 Å². The van der Waals surface area contributed by atoms with Crippen LogP contribution in [0.1, 0.15) is 31.4 Å². The molecule has 2 bridgehead atoms. The molecule has 0 radical (unpaired) electrons. The van der Waals surface area contributed by atoms with E-state index in [-0.39, 0.29) is 0 Å². The zero-order valence-corrected chi connectivity index (χ0v) is 10.7. The summed E-state index contributed by atoms with van der Waals surface area (Å²) in [4.78, 5) is 0. The van der Waals surface area contributed by atoms with Crippen molar-refractivity contribution < 1.29 is 4.39 Å². The van der Waals surface area contributed by atoms with E-state index in [1.54, 1.807) is 11.7 Å². The molecular formula is C10H14BrFN4. The Morgan fingerprint density at radius 3 is 2.56 bits per heavy atom. The lowest BCUT2D eigenvalue weighted by atomic mass is 9.86. The number of fused-ring (bicyclic) bond motifs is 2. The third-order valence-electron chi connectivity index (χ3n) is 3.68. The first kappa shape index (κ1) is 10.7. The molecule has 6 heteroatoms. The molecule has 0 saturated carbocycles. The Kier molecular flexibility index (Phi) is 2.33. The summed E-state index contributed by atoms with van der Waals surface area (Å²) in [5, 5.41) is 11.2. The van der Waals surface area contributed by atoms with Gasteiger partial charge in [0.05, 0.1) is 0 Å². The van der Waals surface area contributed by atoms with Gasteiger partial charge in [0.15, 0.2) is 10.3 Å². The van der Waals surface area contributed by atoms with Crippen molar-refractivity contribution in [1.29, 1.82) is 0 Å². The molecule has 4 nitrogen and oxygen atoms in total. The second kappa shape index (κ2) is 3.50. The fourth-order valence-electron chi connectivity index (χ4n) is 3.09. The van der Waals surface area contributed by atoms with Crippen LogP contribution >= 0.6 is 15.9 Å². The summed E-state index contributed by atoms with van der Waals surface area (Å²) in [5.74, 6) is 0. The summed E-state index contributed by atoms with van der Waals surface area (Å²) >= 11 is 3.29. The average molecular weight is 289 g/mol. The molecule has 2 unspecified atom stereocenters. The third-order valence-corrected chi connectivity index (χ3v) is 4.22. The number of halogens is 2. The zero-order chi connectivity index (χ0) is 11.3. The molecule has 2 saturated heterocycles. The number of nitrogens with zero attached hydrogens (tertiary/aromatic N) is 3. The molecule has 2 aliphatic heterocycles. The number of nitrogens with one attached hydrogen (secondary N) is 1. The molecule has 1 aromatic rings. The summed E-state index contributed by atoms with van der Waals surface area (Å²) in [7, 11) is 1.75. The van der Waals surface area contributed by atoms with E-state index < -0.39 is 5.67 Å². The Bertz CT molecular complexity index is 387. The average Bonchev–Trinajstić information content (AvgIpc) is 2.71. The van der Waals surface area contributed by atoms with Crippen LogP contribution in [0.15, 0.2) is 4.60 Å². The van der Waals surface area contributed by atoms with Gasteiger partial charge in [-0.15, -0.1) is 5.10 Å². The molecule has 1 N–H and O–H groups in total. The highest BCUT2D eigenvalue weighted by atomic mass is 79.9. The Labute approximate surface area is 102 Å². The van der Waals surface area contributed by atoms with E-state index >= 15 is 4.39 Å². The fourth-order valence-corrected chi connectivity index (χ4v) is 3.77. The van der Waals surface area contributed by atoms with Crippen LogP contribution in [-0.4, -0.2) is 27.1 Å².